The Hall–Kier alpha value is -1.17. The average molecular weight is 209 g/mol. The molecule has 1 nitrogen and oxygen atoms in total. The zero-order chi connectivity index (χ0) is 10.2. The topological polar surface area (TPSA) is 9.23 Å². The van der Waals surface area contributed by atoms with Crippen LogP contribution in [0.5, 0.6) is 5.75 Å². The molecule has 0 aliphatic rings. The lowest BCUT2D eigenvalue weighted by atomic mass is 10.3. The molecule has 0 saturated heterocycles. The van der Waals surface area contributed by atoms with Crippen LogP contribution in [0.25, 0.3) is 0 Å². The Labute approximate surface area is 89.7 Å². The number of halogens is 1. The SMILES string of the molecule is C=C=CCCCOc1ccc(Cl)cc1. The summed E-state index contributed by atoms with van der Waals surface area (Å²) in [6, 6.07) is 7.37. The average Bonchev–Trinajstić information content (AvgIpc) is 2.21. The third-order valence-electron chi connectivity index (χ3n) is 1.72. The molecule has 0 aliphatic carbocycles. The second-order valence-electron chi connectivity index (χ2n) is 2.85. The quantitative estimate of drug-likeness (QED) is 0.528. The van der Waals surface area contributed by atoms with Gasteiger partial charge in [0.1, 0.15) is 5.75 Å². The zero-order valence-corrected chi connectivity index (χ0v) is 8.76. The molecule has 0 unspecified atom stereocenters. The van der Waals surface area contributed by atoms with Crippen LogP contribution in [0.3, 0.4) is 0 Å². The molecule has 0 amide bonds. The lowest BCUT2D eigenvalue weighted by molar-refractivity contribution is 0.312. The maximum absolute atomic E-state index is 5.74. The Morgan fingerprint density at radius 1 is 1.36 bits per heavy atom. The van der Waals surface area contributed by atoms with E-state index in [0.717, 1.165) is 23.6 Å². The summed E-state index contributed by atoms with van der Waals surface area (Å²) in [4.78, 5) is 0. The van der Waals surface area contributed by atoms with Crippen LogP contribution >= 0.6 is 11.6 Å². The maximum atomic E-state index is 5.74. The summed E-state index contributed by atoms with van der Waals surface area (Å²) in [6.07, 6.45) is 3.84. The first kappa shape index (κ1) is 10.9. The smallest absolute Gasteiger partial charge is 0.119 e. The molecule has 2 heteroatoms. The van der Waals surface area contributed by atoms with Crippen molar-refractivity contribution in [1.82, 2.24) is 0 Å². The number of rotatable bonds is 5. The fourth-order valence-electron chi connectivity index (χ4n) is 1.01. The standard InChI is InChI=1S/C12H13ClO/c1-2-3-4-5-10-14-12-8-6-11(13)7-9-12/h3,6-9H,1,4-5,10H2. The summed E-state index contributed by atoms with van der Waals surface area (Å²) in [5.74, 6) is 0.858. The van der Waals surface area contributed by atoms with E-state index in [1.165, 1.54) is 0 Å². The molecule has 0 atom stereocenters. The summed E-state index contributed by atoms with van der Waals surface area (Å²) in [5.41, 5.74) is 2.73. The third kappa shape index (κ3) is 4.18. The van der Waals surface area contributed by atoms with Crippen LogP contribution < -0.4 is 4.74 Å². The van der Waals surface area contributed by atoms with Gasteiger partial charge in [-0.05, 0) is 43.2 Å². The minimum absolute atomic E-state index is 0.708. The van der Waals surface area contributed by atoms with Crippen molar-refractivity contribution in [3.8, 4) is 5.75 Å². The highest BCUT2D eigenvalue weighted by Gasteiger charge is 1.92. The van der Waals surface area contributed by atoms with Gasteiger partial charge in [0.25, 0.3) is 0 Å². The van der Waals surface area contributed by atoms with Crippen LogP contribution in [-0.4, -0.2) is 6.61 Å². The first-order chi connectivity index (χ1) is 6.83. The van der Waals surface area contributed by atoms with Crippen LogP contribution in [0.1, 0.15) is 12.8 Å². The molecule has 0 N–H and O–H groups in total. The normalized spacial score (nSPS) is 9.21. The molecule has 0 spiro atoms. The lowest BCUT2D eigenvalue weighted by Crippen LogP contribution is -1.95. The number of unbranched alkanes of at least 4 members (excludes halogenated alkanes) is 1. The van der Waals surface area contributed by atoms with Gasteiger partial charge in [-0.2, -0.15) is 0 Å². The zero-order valence-electron chi connectivity index (χ0n) is 8.00. The molecular weight excluding hydrogens is 196 g/mol. The van der Waals surface area contributed by atoms with Crippen molar-refractivity contribution in [3.05, 3.63) is 47.7 Å². The minimum Gasteiger partial charge on any atom is -0.494 e. The van der Waals surface area contributed by atoms with Crippen molar-refractivity contribution in [2.45, 2.75) is 12.8 Å². The Morgan fingerprint density at radius 2 is 2.07 bits per heavy atom. The van der Waals surface area contributed by atoms with E-state index in [1.807, 2.05) is 30.3 Å². The van der Waals surface area contributed by atoms with Crippen LogP contribution in [0.2, 0.25) is 5.02 Å². The largest absolute Gasteiger partial charge is 0.494 e. The number of allylic oxidation sites excluding steroid dienone is 1. The number of ether oxygens (including phenoxy) is 1. The molecule has 0 radical (unpaired) electrons. The van der Waals surface area contributed by atoms with Crippen LogP contribution in [-0.2, 0) is 0 Å². The molecule has 14 heavy (non-hydrogen) atoms. The summed E-state index contributed by atoms with van der Waals surface area (Å²) < 4.78 is 5.48. The molecule has 0 bridgehead atoms. The van der Waals surface area contributed by atoms with Crippen LogP contribution in [0.4, 0.5) is 0 Å². The van der Waals surface area contributed by atoms with Crippen molar-refractivity contribution in [3.63, 3.8) is 0 Å². The van der Waals surface area contributed by atoms with Gasteiger partial charge in [0, 0.05) is 5.02 Å². The van der Waals surface area contributed by atoms with Crippen molar-refractivity contribution in [2.75, 3.05) is 6.61 Å². The van der Waals surface area contributed by atoms with Crippen molar-refractivity contribution < 1.29 is 4.74 Å². The van der Waals surface area contributed by atoms with Crippen molar-refractivity contribution in [2.24, 2.45) is 0 Å². The van der Waals surface area contributed by atoms with Crippen molar-refractivity contribution >= 4 is 11.6 Å². The highest BCUT2D eigenvalue weighted by Crippen LogP contribution is 2.15. The summed E-state index contributed by atoms with van der Waals surface area (Å²) in [7, 11) is 0. The Kier molecular flexibility index (Phi) is 4.92. The van der Waals surface area contributed by atoms with Gasteiger partial charge in [-0.3, -0.25) is 0 Å². The summed E-state index contributed by atoms with van der Waals surface area (Å²) in [5, 5.41) is 0.729. The van der Waals surface area contributed by atoms with E-state index in [4.69, 9.17) is 16.3 Å². The van der Waals surface area contributed by atoms with E-state index in [1.54, 1.807) is 0 Å². The monoisotopic (exact) mass is 208 g/mol. The van der Waals surface area contributed by atoms with E-state index in [9.17, 15) is 0 Å². The molecule has 0 aromatic heterocycles. The number of hydrogen-bond donors (Lipinski definition) is 0. The van der Waals surface area contributed by atoms with Gasteiger partial charge in [0.15, 0.2) is 0 Å². The summed E-state index contributed by atoms with van der Waals surface area (Å²) >= 11 is 5.74. The van der Waals surface area contributed by atoms with Gasteiger partial charge in [-0.25, -0.2) is 0 Å². The van der Waals surface area contributed by atoms with Gasteiger partial charge < -0.3 is 4.74 Å². The molecular formula is C12H13ClO. The third-order valence-corrected chi connectivity index (χ3v) is 1.97. The Balaban J connectivity index is 2.24. The highest BCUT2D eigenvalue weighted by molar-refractivity contribution is 6.30. The number of benzene rings is 1. The van der Waals surface area contributed by atoms with Gasteiger partial charge in [-0.1, -0.05) is 18.2 Å². The van der Waals surface area contributed by atoms with Crippen LogP contribution in [0.15, 0.2) is 42.7 Å². The van der Waals surface area contributed by atoms with E-state index >= 15 is 0 Å². The van der Waals surface area contributed by atoms with Crippen LogP contribution in [0, 0.1) is 0 Å². The van der Waals surface area contributed by atoms with Gasteiger partial charge in [-0.15, -0.1) is 5.73 Å². The predicted molar refractivity (Wildman–Crippen MR) is 59.9 cm³/mol. The number of hydrogen-bond acceptors (Lipinski definition) is 1. The Bertz CT molecular complexity index is 310. The maximum Gasteiger partial charge on any atom is 0.119 e. The van der Waals surface area contributed by atoms with Gasteiger partial charge in [0.05, 0.1) is 6.61 Å². The van der Waals surface area contributed by atoms with E-state index in [0.29, 0.717) is 6.61 Å². The second kappa shape index (κ2) is 6.31. The fraction of sp³-hybridized carbons (Fsp3) is 0.250. The molecule has 0 aliphatic heterocycles. The molecule has 0 heterocycles. The summed E-state index contributed by atoms with van der Waals surface area (Å²) in [6.45, 7) is 4.20. The van der Waals surface area contributed by atoms with Crippen molar-refractivity contribution in [1.29, 1.82) is 0 Å². The molecule has 0 saturated carbocycles. The Morgan fingerprint density at radius 3 is 2.71 bits per heavy atom. The first-order valence-corrected chi connectivity index (χ1v) is 4.93. The van der Waals surface area contributed by atoms with Gasteiger partial charge >= 0.3 is 0 Å². The minimum atomic E-state index is 0.708. The van der Waals surface area contributed by atoms with Gasteiger partial charge in [0.2, 0.25) is 0 Å². The van der Waals surface area contributed by atoms with E-state index in [2.05, 4.69) is 12.3 Å². The highest BCUT2D eigenvalue weighted by atomic mass is 35.5. The molecule has 74 valence electrons. The lowest BCUT2D eigenvalue weighted by Gasteiger charge is -2.04. The molecule has 1 aromatic carbocycles. The first-order valence-electron chi connectivity index (χ1n) is 4.55. The predicted octanol–water partition coefficient (Wildman–Crippen LogP) is 3.84. The van der Waals surface area contributed by atoms with E-state index < -0.39 is 0 Å². The second-order valence-corrected chi connectivity index (χ2v) is 3.29. The molecule has 1 rings (SSSR count). The molecule has 1 aromatic rings. The van der Waals surface area contributed by atoms with E-state index in [-0.39, 0.29) is 0 Å². The fourth-order valence-corrected chi connectivity index (χ4v) is 1.13. The molecule has 0 fully saturated rings.